The molecule has 92 valence electrons. The summed E-state index contributed by atoms with van der Waals surface area (Å²) in [5.74, 6) is -0.0111. The highest BCUT2D eigenvalue weighted by Crippen LogP contribution is 2.07. The third kappa shape index (κ3) is 5.88. The maximum Gasteiger partial charge on any atom is 0.246 e. The number of rotatable bonds is 7. The molecule has 0 aromatic carbocycles. The van der Waals surface area contributed by atoms with Gasteiger partial charge in [-0.05, 0) is 25.8 Å². The lowest BCUT2D eigenvalue weighted by molar-refractivity contribution is -0.125. The Bertz CT molecular complexity index is 239. The molecule has 0 unspecified atom stereocenters. The standard InChI is InChI=1S/C12H22N2O2/c1-2-9-16-10-12(15)14-8-5-11-3-6-13-7-4-11/h3,13H,2,4-10H2,1H3,(H,14,15). The third-order valence-electron chi connectivity index (χ3n) is 2.51. The van der Waals surface area contributed by atoms with Gasteiger partial charge in [0.2, 0.25) is 5.91 Å². The monoisotopic (exact) mass is 226 g/mol. The van der Waals surface area contributed by atoms with E-state index >= 15 is 0 Å². The normalized spacial score (nSPS) is 15.7. The van der Waals surface area contributed by atoms with Crippen molar-refractivity contribution in [2.24, 2.45) is 0 Å². The fourth-order valence-corrected chi connectivity index (χ4v) is 1.62. The first-order valence-corrected chi connectivity index (χ1v) is 6.06. The molecule has 0 aromatic heterocycles. The molecule has 0 radical (unpaired) electrons. The second-order valence-corrected chi connectivity index (χ2v) is 3.97. The molecule has 0 bridgehead atoms. The molecule has 2 N–H and O–H groups in total. The van der Waals surface area contributed by atoms with E-state index in [0.717, 1.165) is 38.9 Å². The number of nitrogens with one attached hydrogen (secondary N) is 2. The molecule has 16 heavy (non-hydrogen) atoms. The summed E-state index contributed by atoms with van der Waals surface area (Å²) >= 11 is 0. The fourth-order valence-electron chi connectivity index (χ4n) is 1.62. The average Bonchev–Trinajstić information content (AvgIpc) is 2.31. The molecular weight excluding hydrogens is 204 g/mol. The Morgan fingerprint density at radius 2 is 2.50 bits per heavy atom. The zero-order valence-electron chi connectivity index (χ0n) is 10.1. The molecule has 0 atom stereocenters. The van der Waals surface area contributed by atoms with Crippen molar-refractivity contribution in [3.8, 4) is 0 Å². The predicted octanol–water partition coefficient (Wildman–Crippen LogP) is 0.839. The highest BCUT2D eigenvalue weighted by atomic mass is 16.5. The van der Waals surface area contributed by atoms with Crippen LogP contribution in [0.4, 0.5) is 0 Å². The van der Waals surface area contributed by atoms with Gasteiger partial charge in [-0.2, -0.15) is 0 Å². The molecular formula is C12H22N2O2. The van der Waals surface area contributed by atoms with Crippen LogP contribution >= 0.6 is 0 Å². The molecule has 0 fully saturated rings. The Hall–Kier alpha value is -0.870. The number of amides is 1. The summed E-state index contributed by atoms with van der Waals surface area (Å²) in [5.41, 5.74) is 1.44. The van der Waals surface area contributed by atoms with Crippen LogP contribution in [0.1, 0.15) is 26.2 Å². The van der Waals surface area contributed by atoms with Crippen LogP contribution in [0, 0.1) is 0 Å². The first-order chi connectivity index (χ1) is 7.83. The predicted molar refractivity (Wildman–Crippen MR) is 64.3 cm³/mol. The molecule has 4 nitrogen and oxygen atoms in total. The fraction of sp³-hybridized carbons (Fsp3) is 0.750. The summed E-state index contributed by atoms with van der Waals surface area (Å²) in [6, 6.07) is 0. The number of carbonyl (C=O) groups is 1. The van der Waals surface area contributed by atoms with E-state index in [-0.39, 0.29) is 12.5 Å². The lowest BCUT2D eigenvalue weighted by Gasteiger charge is -2.14. The lowest BCUT2D eigenvalue weighted by Crippen LogP contribution is -2.29. The lowest BCUT2D eigenvalue weighted by atomic mass is 10.1. The molecule has 0 spiro atoms. The van der Waals surface area contributed by atoms with Crippen LogP contribution in [0.3, 0.4) is 0 Å². The van der Waals surface area contributed by atoms with Crippen molar-refractivity contribution in [3.63, 3.8) is 0 Å². The Balaban J connectivity index is 2.01. The molecule has 4 heteroatoms. The summed E-state index contributed by atoms with van der Waals surface area (Å²) in [5, 5.41) is 6.13. The minimum atomic E-state index is -0.0111. The van der Waals surface area contributed by atoms with E-state index < -0.39 is 0 Å². The maximum absolute atomic E-state index is 11.3. The summed E-state index contributed by atoms with van der Waals surface area (Å²) in [4.78, 5) is 11.3. The minimum absolute atomic E-state index is 0.0111. The van der Waals surface area contributed by atoms with Gasteiger partial charge in [0.15, 0.2) is 0 Å². The van der Waals surface area contributed by atoms with Crippen molar-refractivity contribution in [2.45, 2.75) is 26.2 Å². The number of ether oxygens (including phenoxy) is 1. The van der Waals surface area contributed by atoms with Crippen LogP contribution in [0.2, 0.25) is 0 Å². The van der Waals surface area contributed by atoms with Crippen molar-refractivity contribution in [1.29, 1.82) is 0 Å². The molecule has 0 saturated carbocycles. The molecule has 1 amide bonds. The van der Waals surface area contributed by atoms with E-state index in [4.69, 9.17) is 4.74 Å². The average molecular weight is 226 g/mol. The SMILES string of the molecule is CCCOCC(=O)NCCC1=CCNCC1. The summed E-state index contributed by atoms with van der Waals surface area (Å²) < 4.78 is 5.15. The summed E-state index contributed by atoms with van der Waals surface area (Å²) in [7, 11) is 0. The van der Waals surface area contributed by atoms with Crippen LogP contribution in [0.25, 0.3) is 0 Å². The third-order valence-corrected chi connectivity index (χ3v) is 2.51. The van der Waals surface area contributed by atoms with Gasteiger partial charge in [0.05, 0.1) is 0 Å². The highest BCUT2D eigenvalue weighted by Gasteiger charge is 2.04. The van der Waals surface area contributed by atoms with Gasteiger partial charge in [0, 0.05) is 19.7 Å². The molecule has 1 rings (SSSR count). The zero-order valence-corrected chi connectivity index (χ0v) is 10.1. The summed E-state index contributed by atoms with van der Waals surface area (Å²) in [6.07, 6.45) is 5.22. The second kappa shape index (κ2) is 8.30. The van der Waals surface area contributed by atoms with Crippen LogP contribution in [-0.4, -0.2) is 38.8 Å². The van der Waals surface area contributed by atoms with Crippen molar-refractivity contribution in [3.05, 3.63) is 11.6 Å². The largest absolute Gasteiger partial charge is 0.372 e. The maximum atomic E-state index is 11.3. The van der Waals surface area contributed by atoms with Crippen molar-refractivity contribution >= 4 is 5.91 Å². The Kier molecular flexibility index (Phi) is 6.85. The first kappa shape index (κ1) is 13.2. The molecule has 1 aliphatic rings. The molecule has 0 saturated heterocycles. The first-order valence-electron chi connectivity index (χ1n) is 6.06. The van der Waals surface area contributed by atoms with Crippen LogP contribution < -0.4 is 10.6 Å². The van der Waals surface area contributed by atoms with Crippen LogP contribution in [0.5, 0.6) is 0 Å². The van der Waals surface area contributed by atoms with Crippen molar-refractivity contribution < 1.29 is 9.53 Å². The highest BCUT2D eigenvalue weighted by molar-refractivity contribution is 5.77. The van der Waals surface area contributed by atoms with E-state index in [0.29, 0.717) is 6.61 Å². The van der Waals surface area contributed by atoms with Gasteiger partial charge in [-0.3, -0.25) is 4.79 Å². The van der Waals surface area contributed by atoms with Gasteiger partial charge in [-0.15, -0.1) is 0 Å². The van der Waals surface area contributed by atoms with Gasteiger partial charge >= 0.3 is 0 Å². The van der Waals surface area contributed by atoms with Gasteiger partial charge in [-0.1, -0.05) is 18.6 Å². The Morgan fingerprint density at radius 3 is 3.19 bits per heavy atom. The van der Waals surface area contributed by atoms with E-state index in [2.05, 4.69) is 16.7 Å². The van der Waals surface area contributed by atoms with Crippen LogP contribution in [-0.2, 0) is 9.53 Å². The van der Waals surface area contributed by atoms with E-state index in [1.54, 1.807) is 0 Å². The summed E-state index contributed by atoms with van der Waals surface area (Å²) in [6.45, 7) is 5.61. The van der Waals surface area contributed by atoms with E-state index in [1.165, 1.54) is 5.57 Å². The molecule has 0 aliphatic carbocycles. The van der Waals surface area contributed by atoms with E-state index in [1.807, 2.05) is 6.92 Å². The van der Waals surface area contributed by atoms with Crippen molar-refractivity contribution in [1.82, 2.24) is 10.6 Å². The van der Waals surface area contributed by atoms with E-state index in [9.17, 15) is 4.79 Å². The van der Waals surface area contributed by atoms with Gasteiger partial charge < -0.3 is 15.4 Å². The smallest absolute Gasteiger partial charge is 0.246 e. The second-order valence-electron chi connectivity index (χ2n) is 3.97. The quantitative estimate of drug-likeness (QED) is 0.499. The number of hydrogen-bond acceptors (Lipinski definition) is 3. The number of hydrogen-bond donors (Lipinski definition) is 2. The Morgan fingerprint density at radius 1 is 1.62 bits per heavy atom. The van der Waals surface area contributed by atoms with Crippen LogP contribution in [0.15, 0.2) is 11.6 Å². The zero-order chi connectivity index (χ0) is 11.6. The minimum Gasteiger partial charge on any atom is -0.372 e. The van der Waals surface area contributed by atoms with Crippen molar-refractivity contribution in [2.75, 3.05) is 32.8 Å². The molecule has 0 aromatic rings. The Labute approximate surface area is 97.4 Å². The van der Waals surface area contributed by atoms with Gasteiger partial charge in [0.1, 0.15) is 6.61 Å². The topological polar surface area (TPSA) is 50.4 Å². The van der Waals surface area contributed by atoms with Gasteiger partial charge in [-0.25, -0.2) is 0 Å². The molecule has 1 aliphatic heterocycles. The molecule has 1 heterocycles. The van der Waals surface area contributed by atoms with Gasteiger partial charge in [0.25, 0.3) is 0 Å². The number of carbonyl (C=O) groups excluding carboxylic acids is 1.